The van der Waals surface area contributed by atoms with Crippen molar-refractivity contribution in [3.63, 3.8) is 0 Å². The third kappa shape index (κ3) is 3.48. The molecule has 2 rings (SSSR count). The van der Waals surface area contributed by atoms with E-state index in [1.54, 1.807) is 0 Å². The molecule has 2 N–H and O–H groups in total. The van der Waals surface area contributed by atoms with Crippen molar-refractivity contribution < 1.29 is 4.74 Å². The van der Waals surface area contributed by atoms with Gasteiger partial charge in [-0.1, -0.05) is 39.3 Å². The Labute approximate surface area is 127 Å². The number of hydrogen-bond donors (Lipinski definition) is 1. The number of benzene rings is 1. The maximum atomic E-state index is 6.43. The van der Waals surface area contributed by atoms with Gasteiger partial charge in [-0.15, -0.1) is 0 Å². The first-order valence-electron chi connectivity index (χ1n) is 7.55. The summed E-state index contributed by atoms with van der Waals surface area (Å²) in [7, 11) is 0. The van der Waals surface area contributed by atoms with Crippen molar-refractivity contribution in [2.45, 2.75) is 58.6 Å². The summed E-state index contributed by atoms with van der Waals surface area (Å²) < 4.78 is 6.43. The van der Waals surface area contributed by atoms with Crippen LogP contribution in [0.2, 0.25) is 5.02 Å². The fourth-order valence-corrected chi connectivity index (χ4v) is 3.69. The number of halogens is 1. The third-order valence-corrected chi connectivity index (χ3v) is 4.09. The Bertz CT molecular complexity index is 460. The van der Waals surface area contributed by atoms with Crippen molar-refractivity contribution in [1.29, 1.82) is 0 Å². The van der Waals surface area contributed by atoms with Crippen LogP contribution < -0.4 is 10.5 Å². The minimum absolute atomic E-state index is 0.00921. The first-order valence-corrected chi connectivity index (χ1v) is 7.93. The molecule has 0 saturated heterocycles. The summed E-state index contributed by atoms with van der Waals surface area (Å²) in [6.45, 7) is 8.98. The van der Waals surface area contributed by atoms with Gasteiger partial charge in [-0.2, -0.15) is 0 Å². The largest absolute Gasteiger partial charge is 0.487 e. The lowest BCUT2D eigenvalue weighted by molar-refractivity contribution is -0.00160. The fraction of sp³-hybridized carbons (Fsp3) is 0.647. The Morgan fingerprint density at radius 3 is 2.40 bits per heavy atom. The van der Waals surface area contributed by atoms with Crippen LogP contribution >= 0.6 is 11.6 Å². The quantitative estimate of drug-likeness (QED) is 0.852. The van der Waals surface area contributed by atoms with Crippen LogP contribution in [0.25, 0.3) is 0 Å². The normalized spacial score (nSPS) is 20.9. The molecular formula is C17H26ClNO. The molecule has 20 heavy (non-hydrogen) atoms. The number of fused-ring (bicyclic) bond motifs is 1. The van der Waals surface area contributed by atoms with Crippen LogP contribution in [0, 0.1) is 11.8 Å². The highest BCUT2D eigenvalue weighted by atomic mass is 35.5. The Morgan fingerprint density at radius 2 is 1.85 bits per heavy atom. The summed E-state index contributed by atoms with van der Waals surface area (Å²) in [5, 5.41) is 0.725. The molecule has 0 bridgehead atoms. The van der Waals surface area contributed by atoms with Crippen LogP contribution in [0.4, 0.5) is 0 Å². The van der Waals surface area contributed by atoms with Crippen LogP contribution in [-0.2, 0) is 0 Å². The molecule has 1 atom stereocenters. The van der Waals surface area contributed by atoms with Crippen molar-refractivity contribution in [3.8, 4) is 5.75 Å². The van der Waals surface area contributed by atoms with Crippen molar-refractivity contribution in [2.24, 2.45) is 17.6 Å². The Hall–Kier alpha value is -0.730. The summed E-state index contributed by atoms with van der Waals surface area (Å²) in [6.07, 6.45) is 2.96. The number of ether oxygens (including phenoxy) is 1. The van der Waals surface area contributed by atoms with Gasteiger partial charge in [0, 0.05) is 23.0 Å². The molecule has 1 heterocycles. The van der Waals surface area contributed by atoms with Gasteiger partial charge in [0.1, 0.15) is 11.4 Å². The lowest BCUT2D eigenvalue weighted by Gasteiger charge is -2.43. The van der Waals surface area contributed by atoms with Gasteiger partial charge in [0.15, 0.2) is 0 Å². The molecule has 0 saturated carbocycles. The average molecular weight is 296 g/mol. The molecule has 1 aromatic rings. The van der Waals surface area contributed by atoms with Gasteiger partial charge in [-0.05, 0) is 42.9 Å². The summed E-state index contributed by atoms with van der Waals surface area (Å²) in [6, 6.07) is 5.80. The summed E-state index contributed by atoms with van der Waals surface area (Å²) in [4.78, 5) is 0. The molecule has 1 aromatic carbocycles. The lowest BCUT2D eigenvalue weighted by atomic mass is 9.77. The van der Waals surface area contributed by atoms with Gasteiger partial charge in [0.25, 0.3) is 0 Å². The van der Waals surface area contributed by atoms with E-state index >= 15 is 0 Å². The molecule has 0 spiro atoms. The molecule has 0 aromatic heterocycles. The van der Waals surface area contributed by atoms with Crippen molar-refractivity contribution in [1.82, 2.24) is 0 Å². The topological polar surface area (TPSA) is 35.2 Å². The van der Waals surface area contributed by atoms with E-state index < -0.39 is 0 Å². The molecule has 112 valence electrons. The maximum absolute atomic E-state index is 6.43. The van der Waals surface area contributed by atoms with Crippen LogP contribution in [-0.4, -0.2) is 5.60 Å². The third-order valence-electron chi connectivity index (χ3n) is 3.85. The van der Waals surface area contributed by atoms with Crippen LogP contribution in [0.1, 0.15) is 58.6 Å². The zero-order chi connectivity index (χ0) is 14.9. The van der Waals surface area contributed by atoms with Crippen LogP contribution in [0.3, 0.4) is 0 Å². The minimum Gasteiger partial charge on any atom is -0.487 e. The molecule has 0 fully saturated rings. The smallest absolute Gasteiger partial charge is 0.125 e. The van der Waals surface area contributed by atoms with E-state index in [0.717, 1.165) is 35.6 Å². The first-order chi connectivity index (χ1) is 9.31. The molecule has 2 nitrogen and oxygen atoms in total. The zero-order valence-electron chi connectivity index (χ0n) is 12.9. The van der Waals surface area contributed by atoms with E-state index in [1.807, 2.05) is 18.2 Å². The monoisotopic (exact) mass is 295 g/mol. The summed E-state index contributed by atoms with van der Waals surface area (Å²) in [5.74, 6) is 2.10. The summed E-state index contributed by atoms with van der Waals surface area (Å²) >= 11 is 6.07. The van der Waals surface area contributed by atoms with Crippen LogP contribution in [0.15, 0.2) is 18.2 Å². The number of hydrogen-bond acceptors (Lipinski definition) is 2. The molecule has 0 unspecified atom stereocenters. The highest BCUT2D eigenvalue weighted by molar-refractivity contribution is 6.30. The van der Waals surface area contributed by atoms with E-state index in [1.165, 1.54) is 0 Å². The van der Waals surface area contributed by atoms with E-state index in [4.69, 9.17) is 22.1 Å². The van der Waals surface area contributed by atoms with Gasteiger partial charge in [-0.25, -0.2) is 0 Å². The lowest BCUT2D eigenvalue weighted by Crippen LogP contribution is -2.45. The van der Waals surface area contributed by atoms with Gasteiger partial charge in [0.05, 0.1) is 0 Å². The van der Waals surface area contributed by atoms with E-state index in [9.17, 15) is 0 Å². The number of rotatable bonds is 4. The molecule has 0 aliphatic carbocycles. The predicted octanol–water partition coefficient (Wildman–Crippen LogP) is 4.95. The van der Waals surface area contributed by atoms with Crippen molar-refractivity contribution >= 4 is 11.6 Å². The second-order valence-electron chi connectivity index (χ2n) is 6.97. The summed E-state index contributed by atoms with van der Waals surface area (Å²) in [5.41, 5.74) is 7.31. The number of nitrogens with two attached hydrogens (primary N) is 1. The SMILES string of the molecule is CC(C)CC1(CC(C)C)C[C@H](N)c2cc(Cl)ccc2O1. The highest BCUT2D eigenvalue weighted by Gasteiger charge is 2.40. The van der Waals surface area contributed by atoms with Crippen molar-refractivity contribution in [2.75, 3.05) is 0 Å². The fourth-order valence-electron chi connectivity index (χ4n) is 3.51. The van der Waals surface area contributed by atoms with Gasteiger partial charge >= 0.3 is 0 Å². The van der Waals surface area contributed by atoms with E-state index in [0.29, 0.717) is 11.8 Å². The Kier molecular flexibility index (Phi) is 4.66. The Morgan fingerprint density at radius 1 is 1.25 bits per heavy atom. The Balaban J connectivity index is 2.34. The van der Waals surface area contributed by atoms with E-state index in [2.05, 4.69) is 27.7 Å². The molecule has 0 amide bonds. The molecule has 3 heteroatoms. The molecular weight excluding hydrogens is 270 g/mol. The standard InChI is InChI=1S/C17H26ClNO/c1-11(2)8-17(9-12(3)4)10-15(19)14-7-13(18)5-6-16(14)20-17/h5-7,11-12,15H,8-10,19H2,1-4H3/t15-/m0/s1. The minimum atomic E-state index is -0.136. The zero-order valence-corrected chi connectivity index (χ0v) is 13.7. The molecule has 0 radical (unpaired) electrons. The second-order valence-corrected chi connectivity index (χ2v) is 7.41. The maximum Gasteiger partial charge on any atom is 0.125 e. The van der Waals surface area contributed by atoms with E-state index in [-0.39, 0.29) is 11.6 Å². The predicted molar refractivity (Wildman–Crippen MR) is 85.3 cm³/mol. The molecule has 1 aliphatic rings. The van der Waals surface area contributed by atoms with Crippen molar-refractivity contribution in [3.05, 3.63) is 28.8 Å². The second kappa shape index (κ2) is 5.95. The highest BCUT2D eigenvalue weighted by Crippen LogP contribution is 2.44. The van der Waals surface area contributed by atoms with Gasteiger partial charge in [0.2, 0.25) is 0 Å². The first kappa shape index (κ1) is 15.7. The van der Waals surface area contributed by atoms with Gasteiger partial charge in [-0.3, -0.25) is 0 Å². The van der Waals surface area contributed by atoms with Gasteiger partial charge < -0.3 is 10.5 Å². The van der Waals surface area contributed by atoms with Crippen LogP contribution in [0.5, 0.6) is 5.75 Å². The molecule has 1 aliphatic heterocycles. The average Bonchev–Trinajstić information content (AvgIpc) is 2.28.